The normalized spacial score (nSPS) is 23.6. The number of anilines is 1. The lowest BCUT2D eigenvalue weighted by atomic mass is 9.91. The van der Waals surface area contributed by atoms with E-state index in [4.69, 9.17) is 10.7 Å². The molecule has 1 aromatic heterocycles. The molecule has 1 atom stereocenters. The van der Waals surface area contributed by atoms with Gasteiger partial charge in [-0.25, -0.2) is 9.97 Å². The van der Waals surface area contributed by atoms with Gasteiger partial charge in [0.25, 0.3) is 5.91 Å². The van der Waals surface area contributed by atoms with Crippen molar-refractivity contribution in [1.29, 1.82) is 0 Å². The summed E-state index contributed by atoms with van der Waals surface area (Å²) in [5, 5.41) is 0. The molecule has 6 nitrogen and oxygen atoms in total. The molecule has 1 saturated heterocycles. The van der Waals surface area contributed by atoms with E-state index in [-0.39, 0.29) is 11.9 Å². The maximum Gasteiger partial charge on any atom is 0.291 e. The fraction of sp³-hybridized carbons (Fsp3) is 0.737. The van der Waals surface area contributed by atoms with E-state index < -0.39 is 0 Å². The van der Waals surface area contributed by atoms with Crippen molar-refractivity contribution in [3.8, 4) is 0 Å². The molecule has 25 heavy (non-hydrogen) atoms. The van der Waals surface area contributed by atoms with Crippen LogP contribution >= 0.6 is 0 Å². The number of hydrogen-bond acceptors (Lipinski definition) is 5. The monoisotopic (exact) mass is 343 g/mol. The smallest absolute Gasteiger partial charge is 0.291 e. The van der Waals surface area contributed by atoms with Crippen LogP contribution in [-0.4, -0.2) is 52.5 Å². The van der Waals surface area contributed by atoms with Crippen molar-refractivity contribution in [2.45, 2.75) is 64.5 Å². The second-order valence-corrected chi connectivity index (χ2v) is 8.06. The van der Waals surface area contributed by atoms with Crippen molar-refractivity contribution in [2.24, 2.45) is 11.7 Å². The standard InChI is InChI=1S/C19H29N5O/c1-12-13(2)21-17(22-18(12)23-9-8-15(20)11-23)19(25)24(10-14-6-7-14)16-4-3-5-16/h14-16H,3-11,20H2,1-2H3/t15-/m1/s1. The third kappa shape index (κ3) is 3.36. The second-order valence-electron chi connectivity index (χ2n) is 8.06. The first-order valence-electron chi connectivity index (χ1n) is 9.69. The Labute approximate surface area is 149 Å². The Kier molecular flexibility index (Phi) is 4.40. The van der Waals surface area contributed by atoms with E-state index in [9.17, 15) is 4.79 Å². The van der Waals surface area contributed by atoms with Crippen LogP contribution in [0.2, 0.25) is 0 Å². The van der Waals surface area contributed by atoms with Crippen LogP contribution in [0.5, 0.6) is 0 Å². The fourth-order valence-electron chi connectivity index (χ4n) is 3.80. The van der Waals surface area contributed by atoms with E-state index >= 15 is 0 Å². The quantitative estimate of drug-likeness (QED) is 0.885. The molecule has 4 rings (SSSR count). The first-order valence-corrected chi connectivity index (χ1v) is 9.69. The molecule has 1 aliphatic heterocycles. The van der Waals surface area contributed by atoms with E-state index in [0.29, 0.717) is 17.8 Å². The highest BCUT2D eigenvalue weighted by atomic mass is 16.2. The topological polar surface area (TPSA) is 75.4 Å². The Morgan fingerprint density at radius 3 is 2.52 bits per heavy atom. The Balaban J connectivity index is 1.61. The zero-order valence-corrected chi connectivity index (χ0v) is 15.4. The largest absolute Gasteiger partial charge is 0.355 e. The molecule has 136 valence electrons. The Morgan fingerprint density at radius 2 is 1.96 bits per heavy atom. The lowest BCUT2D eigenvalue weighted by molar-refractivity contribution is 0.0553. The maximum absolute atomic E-state index is 13.2. The van der Waals surface area contributed by atoms with E-state index in [0.717, 1.165) is 56.0 Å². The molecule has 1 amide bonds. The third-order valence-corrected chi connectivity index (χ3v) is 6.01. The molecule has 0 radical (unpaired) electrons. The Morgan fingerprint density at radius 1 is 1.20 bits per heavy atom. The molecule has 2 heterocycles. The van der Waals surface area contributed by atoms with E-state index in [1.54, 1.807) is 0 Å². The van der Waals surface area contributed by atoms with E-state index in [1.807, 2.05) is 13.8 Å². The van der Waals surface area contributed by atoms with E-state index in [1.165, 1.54) is 19.3 Å². The zero-order chi connectivity index (χ0) is 17.6. The van der Waals surface area contributed by atoms with Crippen LogP contribution in [0, 0.1) is 19.8 Å². The molecule has 3 fully saturated rings. The number of nitrogens with zero attached hydrogens (tertiary/aromatic N) is 4. The number of carbonyl (C=O) groups is 1. The number of rotatable bonds is 5. The van der Waals surface area contributed by atoms with Gasteiger partial charge in [0.2, 0.25) is 5.82 Å². The number of amides is 1. The van der Waals surface area contributed by atoms with Gasteiger partial charge in [-0.3, -0.25) is 4.79 Å². The van der Waals surface area contributed by atoms with Crippen LogP contribution < -0.4 is 10.6 Å². The minimum Gasteiger partial charge on any atom is -0.355 e. The first-order chi connectivity index (χ1) is 12.0. The van der Waals surface area contributed by atoms with Crippen molar-refractivity contribution in [3.05, 3.63) is 17.1 Å². The van der Waals surface area contributed by atoms with Crippen LogP contribution in [0.25, 0.3) is 0 Å². The molecule has 1 aromatic rings. The van der Waals surface area contributed by atoms with Crippen molar-refractivity contribution in [2.75, 3.05) is 24.5 Å². The molecule has 0 spiro atoms. The van der Waals surface area contributed by atoms with Gasteiger partial charge in [0.05, 0.1) is 0 Å². The minimum absolute atomic E-state index is 0.0180. The summed E-state index contributed by atoms with van der Waals surface area (Å²) in [6, 6.07) is 0.581. The second kappa shape index (κ2) is 6.56. The minimum atomic E-state index is 0.0180. The van der Waals surface area contributed by atoms with Crippen molar-refractivity contribution in [1.82, 2.24) is 14.9 Å². The molecule has 2 saturated carbocycles. The molecule has 6 heteroatoms. The maximum atomic E-state index is 13.2. The highest BCUT2D eigenvalue weighted by molar-refractivity contribution is 5.91. The highest BCUT2D eigenvalue weighted by Crippen LogP contribution is 2.34. The molecule has 0 unspecified atom stereocenters. The number of aryl methyl sites for hydroxylation is 1. The molecule has 2 aliphatic carbocycles. The SMILES string of the molecule is Cc1nc(C(=O)N(CC2CC2)C2CCC2)nc(N2CC[C@@H](N)C2)c1C. The third-order valence-electron chi connectivity index (χ3n) is 6.01. The summed E-state index contributed by atoms with van der Waals surface area (Å²) >= 11 is 0. The van der Waals surface area contributed by atoms with Crippen LogP contribution in [-0.2, 0) is 0 Å². The van der Waals surface area contributed by atoms with Gasteiger partial charge in [-0.1, -0.05) is 0 Å². The summed E-state index contributed by atoms with van der Waals surface area (Å²) in [5.41, 5.74) is 8.02. The number of aromatic nitrogens is 2. The van der Waals surface area contributed by atoms with Crippen LogP contribution in [0.4, 0.5) is 5.82 Å². The summed E-state index contributed by atoms with van der Waals surface area (Å²) in [6.45, 7) is 6.60. The van der Waals surface area contributed by atoms with Gasteiger partial charge in [-0.15, -0.1) is 0 Å². The lowest BCUT2D eigenvalue weighted by Gasteiger charge is -2.37. The summed E-state index contributed by atoms with van der Waals surface area (Å²) < 4.78 is 0. The molecular formula is C19H29N5O. The first kappa shape index (κ1) is 16.8. The van der Waals surface area contributed by atoms with Gasteiger partial charge >= 0.3 is 0 Å². The molecule has 0 bridgehead atoms. The van der Waals surface area contributed by atoms with Gasteiger partial charge in [0, 0.05) is 43.0 Å². The van der Waals surface area contributed by atoms with Gasteiger partial charge in [-0.05, 0) is 58.3 Å². The van der Waals surface area contributed by atoms with Gasteiger partial charge in [-0.2, -0.15) is 0 Å². The molecular weight excluding hydrogens is 314 g/mol. The van der Waals surface area contributed by atoms with Crippen molar-refractivity contribution in [3.63, 3.8) is 0 Å². The van der Waals surface area contributed by atoms with Gasteiger partial charge in [0.1, 0.15) is 5.82 Å². The number of nitrogens with two attached hydrogens (primary N) is 1. The summed E-state index contributed by atoms with van der Waals surface area (Å²) in [5.74, 6) is 1.96. The van der Waals surface area contributed by atoms with E-state index in [2.05, 4.69) is 14.8 Å². The predicted octanol–water partition coefficient (Wildman–Crippen LogP) is 2.04. The molecule has 0 aromatic carbocycles. The van der Waals surface area contributed by atoms with Crippen LogP contribution in [0.15, 0.2) is 0 Å². The average Bonchev–Trinajstić information content (AvgIpc) is 3.25. The van der Waals surface area contributed by atoms with Gasteiger partial charge in [0.15, 0.2) is 0 Å². The average molecular weight is 343 g/mol. The van der Waals surface area contributed by atoms with Crippen LogP contribution in [0.3, 0.4) is 0 Å². The highest BCUT2D eigenvalue weighted by Gasteiger charge is 2.36. The number of carbonyl (C=O) groups excluding carboxylic acids is 1. The fourth-order valence-corrected chi connectivity index (χ4v) is 3.80. The Hall–Kier alpha value is -1.69. The summed E-state index contributed by atoms with van der Waals surface area (Å²) in [7, 11) is 0. The molecule has 2 N–H and O–H groups in total. The zero-order valence-electron chi connectivity index (χ0n) is 15.4. The summed E-state index contributed by atoms with van der Waals surface area (Å²) in [4.78, 5) is 26.7. The number of hydrogen-bond donors (Lipinski definition) is 1. The van der Waals surface area contributed by atoms with Crippen LogP contribution in [0.1, 0.15) is 60.4 Å². The lowest BCUT2D eigenvalue weighted by Crippen LogP contribution is -2.46. The van der Waals surface area contributed by atoms with Gasteiger partial charge < -0.3 is 15.5 Å². The summed E-state index contributed by atoms with van der Waals surface area (Å²) in [6.07, 6.45) is 6.95. The Bertz CT molecular complexity index is 668. The predicted molar refractivity (Wildman–Crippen MR) is 97.7 cm³/mol. The molecule has 3 aliphatic rings. The van der Waals surface area contributed by atoms with Crippen molar-refractivity contribution >= 4 is 11.7 Å². The van der Waals surface area contributed by atoms with Crippen molar-refractivity contribution < 1.29 is 4.79 Å².